The van der Waals surface area contributed by atoms with Crippen molar-refractivity contribution in [2.24, 2.45) is 5.92 Å². The second-order valence-electron chi connectivity index (χ2n) is 4.88. The Balaban J connectivity index is 3.06. The Kier molecular flexibility index (Phi) is 12.0. The molecule has 15 heavy (non-hydrogen) atoms. The Morgan fingerprint density at radius 3 is 1.93 bits per heavy atom. The van der Waals surface area contributed by atoms with Gasteiger partial charge in [-0.1, -0.05) is 71.6 Å². The molecular formula is C14H30O. The summed E-state index contributed by atoms with van der Waals surface area (Å²) in [5.41, 5.74) is 0. The van der Waals surface area contributed by atoms with Crippen molar-refractivity contribution >= 4 is 0 Å². The molecule has 0 aromatic carbocycles. The van der Waals surface area contributed by atoms with E-state index in [4.69, 9.17) is 5.11 Å². The van der Waals surface area contributed by atoms with E-state index in [0.29, 0.717) is 6.61 Å². The molecule has 0 heterocycles. The summed E-state index contributed by atoms with van der Waals surface area (Å²) in [5, 5.41) is 8.63. The van der Waals surface area contributed by atoms with Crippen LogP contribution in [0.1, 0.15) is 78.1 Å². The fourth-order valence-electron chi connectivity index (χ4n) is 2.02. The quantitative estimate of drug-likeness (QED) is 0.501. The highest BCUT2D eigenvalue weighted by atomic mass is 16.2. The highest BCUT2D eigenvalue weighted by molar-refractivity contribution is 4.54. The van der Waals surface area contributed by atoms with Crippen molar-refractivity contribution < 1.29 is 5.11 Å². The monoisotopic (exact) mass is 214 g/mol. The van der Waals surface area contributed by atoms with Gasteiger partial charge in [0.15, 0.2) is 0 Å². The van der Waals surface area contributed by atoms with E-state index in [1.807, 2.05) is 0 Å². The van der Waals surface area contributed by atoms with Gasteiger partial charge >= 0.3 is 0 Å². The molecule has 0 aliphatic heterocycles. The van der Waals surface area contributed by atoms with E-state index in [-0.39, 0.29) is 0 Å². The van der Waals surface area contributed by atoms with E-state index in [1.165, 1.54) is 57.8 Å². The SMILES string of the molecule is CCCCCC(C)CCCCCCCO. The lowest BCUT2D eigenvalue weighted by atomic mass is 9.96. The molecule has 1 unspecified atom stereocenters. The zero-order chi connectivity index (χ0) is 11.4. The second kappa shape index (κ2) is 12.0. The average Bonchev–Trinajstić information content (AvgIpc) is 2.23. The third kappa shape index (κ3) is 11.9. The van der Waals surface area contributed by atoms with Crippen LogP contribution < -0.4 is 0 Å². The minimum atomic E-state index is 0.368. The second-order valence-corrected chi connectivity index (χ2v) is 4.88. The zero-order valence-electron chi connectivity index (χ0n) is 10.8. The van der Waals surface area contributed by atoms with Crippen molar-refractivity contribution in [1.29, 1.82) is 0 Å². The average molecular weight is 214 g/mol. The topological polar surface area (TPSA) is 20.2 Å². The van der Waals surface area contributed by atoms with Gasteiger partial charge in [0.25, 0.3) is 0 Å². The van der Waals surface area contributed by atoms with Gasteiger partial charge in [-0.05, 0) is 12.3 Å². The summed E-state index contributed by atoms with van der Waals surface area (Å²) < 4.78 is 0. The van der Waals surface area contributed by atoms with Crippen LogP contribution in [0.5, 0.6) is 0 Å². The molecule has 0 bridgehead atoms. The van der Waals surface area contributed by atoms with E-state index in [2.05, 4.69) is 13.8 Å². The van der Waals surface area contributed by atoms with Crippen LogP contribution in [0.2, 0.25) is 0 Å². The Hall–Kier alpha value is -0.0400. The predicted octanol–water partition coefficient (Wildman–Crippen LogP) is 4.54. The van der Waals surface area contributed by atoms with Crippen molar-refractivity contribution in [3.8, 4) is 0 Å². The first kappa shape index (κ1) is 15.0. The van der Waals surface area contributed by atoms with Gasteiger partial charge in [-0.2, -0.15) is 0 Å². The highest BCUT2D eigenvalue weighted by Gasteiger charge is 2.01. The molecular weight excluding hydrogens is 184 g/mol. The summed E-state index contributed by atoms with van der Waals surface area (Å²) >= 11 is 0. The van der Waals surface area contributed by atoms with Crippen LogP contribution in [-0.2, 0) is 0 Å². The Bertz CT molecular complexity index is 112. The molecule has 0 fully saturated rings. The van der Waals surface area contributed by atoms with Crippen molar-refractivity contribution in [2.45, 2.75) is 78.1 Å². The van der Waals surface area contributed by atoms with E-state index >= 15 is 0 Å². The van der Waals surface area contributed by atoms with Gasteiger partial charge in [0.05, 0.1) is 0 Å². The molecule has 0 saturated carbocycles. The van der Waals surface area contributed by atoms with E-state index in [9.17, 15) is 0 Å². The number of hydrogen-bond acceptors (Lipinski definition) is 1. The maximum atomic E-state index is 8.63. The predicted molar refractivity (Wildman–Crippen MR) is 68.1 cm³/mol. The third-order valence-corrected chi connectivity index (χ3v) is 3.16. The maximum absolute atomic E-state index is 8.63. The van der Waals surface area contributed by atoms with E-state index in [0.717, 1.165) is 12.3 Å². The molecule has 0 radical (unpaired) electrons. The molecule has 0 amide bonds. The van der Waals surface area contributed by atoms with Crippen LogP contribution in [0.3, 0.4) is 0 Å². The van der Waals surface area contributed by atoms with Crippen LogP contribution in [-0.4, -0.2) is 11.7 Å². The molecule has 0 aliphatic rings. The third-order valence-electron chi connectivity index (χ3n) is 3.16. The molecule has 0 rings (SSSR count). The minimum Gasteiger partial charge on any atom is -0.396 e. The largest absolute Gasteiger partial charge is 0.396 e. The van der Waals surface area contributed by atoms with Gasteiger partial charge in [0.1, 0.15) is 0 Å². The minimum absolute atomic E-state index is 0.368. The molecule has 92 valence electrons. The molecule has 0 aromatic rings. The molecule has 1 atom stereocenters. The first-order chi connectivity index (χ1) is 7.31. The Morgan fingerprint density at radius 1 is 0.800 bits per heavy atom. The maximum Gasteiger partial charge on any atom is 0.0431 e. The fraction of sp³-hybridized carbons (Fsp3) is 1.00. The number of aliphatic hydroxyl groups is 1. The van der Waals surface area contributed by atoms with E-state index in [1.54, 1.807) is 0 Å². The number of hydrogen-bond donors (Lipinski definition) is 1. The normalized spacial score (nSPS) is 13.0. The van der Waals surface area contributed by atoms with E-state index < -0.39 is 0 Å². The molecule has 0 spiro atoms. The summed E-state index contributed by atoms with van der Waals surface area (Å²) in [6.45, 7) is 5.03. The molecule has 1 N–H and O–H groups in total. The van der Waals surface area contributed by atoms with Crippen LogP contribution in [0.25, 0.3) is 0 Å². The van der Waals surface area contributed by atoms with Crippen LogP contribution in [0, 0.1) is 5.92 Å². The van der Waals surface area contributed by atoms with Gasteiger partial charge in [-0.15, -0.1) is 0 Å². The molecule has 1 nitrogen and oxygen atoms in total. The molecule has 0 aliphatic carbocycles. The highest BCUT2D eigenvalue weighted by Crippen LogP contribution is 2.17. The van der Waals surface area contributed by atoms with Crippen LogP contribution in [0.4, 0.5) is 0 Å². The van der Waals surface area contributed by atoms with Crippen LogP contribution in [0.15, 0.2) is 0 Å². The fourth-order valence-corrected chi connectivity index (χ4v) is 2.02. The summed E-state index contributed by atoms with van der Waals surface area (Å²) in [6, 6.07) is 0. The van der Waals surface area contributed by atoms with Gasteiger partial charge in [0.2, 0.25) is 0 Å². The van der Waals surface area contributed by atoms with Crippen LogP contribution >= 0.6 is 0 Å². The lowest BCUT2D eigenvalue weighted by Crippen LogP contribution is -1.95. The smallest absolute Gasteiger partial charge is 0.0431 e. The van der Waals surface area contributed by atoms with Crippen molar-refractivity contribution in [3.63, 3.8) is 0 Å². The zero-order valence-corrected chi connectivity index (χ0v) is 10.8. The Labute approximate surface area is 96.3 Å². The van der Waals surface area contributed by atoms with Crippen molar-refractivity contribution in [3.05, 3.63) is 0 Å². The molecule has 0 aromatic heterocycles. The first-order valence-electron chi connectivity index (χ1n) is 6.92. The molecule has 1 heteroatoms. The number of aliphatic hydroxyl groups excluding tert-OH is 1. The van der Waals surface area contributed by atoms with Crippen molar-refractivity contribution in [1.82, 2.24) is 0 Å². The lowest BCUT2D eigenvalue weighted by molar-refractivity contribution is 0.282. The Morgan fingerprint density at radius 2 is 1.33 bits per heavy atom. The van der Waals surface area contributed by atoms with Crippen molar-refractivity contribution in [2.75, 3.05) is 6.61 Å². The lowest BCUT2D eigenvalue weighted by Gasteiger charge is -2.10. The number of rotatable bonds is 11. The summed E-state index contributed by atoms with van der Waals surface area (Å²) in [4.78, 5) is 0. The summed E-state index contributed by atoms with van der Waals surface area (Å²) in [7, 11) is 0. The van der Waals surface area contributed by atoms with Gasteiger partial charge in [-0.25, -0.2) is 0 Å². The van der Waals surface area contributed by atoms with Gasteiger partial charge < -0.3 is 5.11 Å². The molecule has 0 saturated heterocycles. The first-order valence-corrected chi connectivity index (χ1v) is 6.92. The summed E-state index contributed by atoms with van der Waals surface area (Å²) in [5.74, 6) is 0.925. The van der Waals surface area contributed by atoms with Gasteiger partial charge in [-0.3, -0.25) is 0 Å². The standard InChI is InChI=1S/C14H30O/c1-3-4-8-11-14(2)12-9-6-5-7-10-13-15/h14-15H,3-13H2,1-2H3. The van der Waals surface area contributed by atoms with Gasteiger partial charge in [0, 0.05) is 6.61 Å². The number of unbranched alkanes of at least 4 members (excludes halogenated alkanes) is 6. The summed E-state index contributed by atoms with van der Waals surface area (Å²) in [6.07, 6.45) is 13.2.